The van der Waals surface area contributed by atoms with Crippen molar-refractivity contribution in [3.05, 3.63) is 42.0 Å². The summed E-state index contributed by atoms with van der Waals surface area (Å²) in [6.45, 7) is 0. The number of hydrogen-bond donors (Lipinski definition) is 1. The molecular formula is C14H15NO2. The molecule has 2 aromatic carbocycles. The van der Waals surface area contributed by atoms with Crippen LogP contribution >= 0.6 is 0 Å². The molecule has 0 fully saturated rings. The van der Waals surface area contributed by atoms with Gasteiger partial charge in [0.25, 0.3) is 0 Å². The molecule has 3 heteroatoms. The second kappa shape index (κ2) is 4.87. The van der Waals surface area contributed by atoms with E-state index in [2.05, 4.69) is 5.32 Å². The van der Waals surface area contributed by atoms with Crippen molar-refractivity contribution in [2.75, 3.05) is 14.2 Å². The SMILES string of the molecule is CNC(=O)Cc1ccc2cc(OC)ccc2c1. The lowest BCUT2D eigenvalue weighted by Gasteiger charge is -2.05. The van der Waals surface area contributed by atoms with Crippen LogP contribution in [-0.4, -0.2) is 20.1 Å². The highest BCUT2D eigenvalue weighted by molar-refractivity contribution is 5.86. The number of ether oxygens (including phenoxy) is 1. The number of carbonyl (C=O) groups excluding carboxylic acids is 1. The summed E-state index contributed by atoms with van der Waals surface area (Å²) in [5.41, 5.74) is 1.02. The van der Waals surface area contributed by atoms with Crippen molar-refractivity contribution in [1.29, 1.82) is 0 Å². The third-order valence-corrected chi connectivity index (χ3v) is 2.76. The van der Waals surface area contributed by atoms with E-state index in [4.69, 9.17) is 4.74 Å². The van der Waals surface area contributed by atoms with Crippen LogP contribution in [0.1, 0.15) is 5.56 Å². The van der Waals surface area contributed by atoms with Crippen molar-refractivity contribution in [2.45, 2.75) is 6.42 Å². The minimum Gasteiger partial charge on any atom is -0.497 e. The number of methoxy groups -OCH3 is 1. The monoisotopic (exact) mass is 229 g/mol. The third-order valence-electron chi connectivity index (χ3n) is 2.76. The minimum absolute atomic E-state index is 0.0258. The van der Waals surface area contributed by atoms with E-state index in [1.165, 1.54) is 0 Å². The number of benzene rings is 2. The molecule has 2 aromatic rings. The fourth-order valence-electron chi connectivity index (χ4n) is 1.78. The predicted octanol–water partition coefficient (Wildman–Crippen LogP) is 2.14. The minimum atomic E-state index is 0.0258. The van der Waals surface area contributed by atoms with Gasteiger partial charge in [-0.05, 0) is 28.5 Å². The molecule has 0 saturated heterocycles. The normalized spacial score (nSPS) is 10.2. The topological polar surface area (TPSA) is 38.3 Å². The molecule has 3 nitrogen and oxygen atoms in total. The molecule has 0 radical (unpaired) electrons. The highest BCUT2D eigenvalue weighted by atomic mass is 16.5. The number of amides is 1. The summed E-state index contributed by atoms with van der Waals surface area (Å²) >= 11 is 0. The maximum atomic E-state index is 11.3. The van der Waals surface area contributed by atoms with Gasteiger partial charge in [0, 0.05) is 7.05 Å². The van der Waals surface area contributed by atoms with Gasteiger partial charge in [0.1, 0.15) is 5.75 Å². The van der Waals surface area contributed by atoms with Crippen LogP contribution in [0.2, 0.25) is 0 Å². The Labute approximate surface area is 100 Å². The highest BCUT2D eigenvalue weighted by Crippen LogP contribution is 2.21. The largest absolute Gasteiger partial charge is 0.497 e. The number of nitrogens with one attached hydrogen (secondary N) is 1. The summed E-state index contributed by atoms with van der Waals surface area (Å²) in [5, 5.41) is 4.85. The van der Waals surface area contributed by atoms with Gasteiger partial charge in [0.2, 0.25) is 5.91 Å². The smallest absolute Gasteiger partial charge is 0.224 e. The van der Waals surface area contributed by atoms with Crippen molar-refractivity contribution in [1.82, 2.24) is 5.32 Å². The van der Waals surface area contributed by atoms with E-state index >= 15 is 0 Å². The van der Waals surface area contributed by atoms with E-state index in [0.29, 0.717) is 6.42 Å². The number of rotatable bonds is 3. The van der Waals surface area contributed by atoms with Gasteiger partial charge < -0.3 is 10.1 Å². The zero-order valence-corrected chi connectivity index (χ0v) is 9.99. The number of hydrogen-bond acceptors (Lipinski definition) is 2. The van der Waals surface area contributed by atoms with Crippen LogP contribution in [0.4, 0.5) is 0 Å². The fraction of sp³-hybridized carbons (Fsp3) is 0.214. The summed E-state index contributed by atoms with van der Waals surface area (Å²) in [4.78, 5) is 11.3. The zero-order valence-electron chi connectivity index (χ0n) is 9.99. The molecule has 2 rings (SSSR count). The maximum Gasteiger partial charge on any atom is 0.224 e. The van der Waals surface area contributed by atoms with E-state index in [9.17, 15) is 4.79 Å². The lowest BCUT2D eigenvalue weighted by molar-refractivity contribution is -0.119. The summed E-state index contributed by atoms with van der Waals surface area (Å²) in [6.07, 6.45) is 0.415. The van der Waals surface area contributed by atoms with Crippen LogP contribution in [0.3, 0.4) is 0 Å². The Morgan fingerprint density at radius 1 is 1.18 bits per heavy atom. The summed E-state index contributed by atoms with van der Waals surface area (Å²) in [6, 6.07) is 11.9. The van der Waals surface area contributed by atoms with E-state index in [1.807, 2.05) is 36.4 Å². The lowest BCUT2D eigenvalue weighted by Crippen LogP contribution is -2.19. The first-order valence-corrected chi connectivity index (χ1v) is 5.50. The predicted molar refractivity (Wildman–Crippen MR) is 68.3 cm³/mol. The first kappa shape index (κ1) is 11.5. The Morgan fingerprint density at radius 2 is 1.88 bits per heavy atom. The lowest BCUT2D eigenvalue weighted by atomic mass is 10.0. The van der Waals surface area contributed by atoms with Crippen molar-refractivity contribution in [3.8, 4) is 5.75 Å². The summed E-state index contributed by atoms with van der Waals surface area (Å²) in [5.74, 6) is 0.870. The Balaban J connectivity index is 2.34. The average Bonchev–Trinajstić information content (AvgIpc) is 2.38. The average molecular weight is 229 g/mol. The molecule has 0 aliphatic heterocycles. The van der Waals surface area contributed by atoms with Crippen LogP contribution in [0.15, 0.2) is 36.4 Å². The van der Waals surface area contributed by atoms with Crippen LogP contribution in [0.25, 0.3) is 10.8 Å². The first-order chi connectivity index (χ1) is 8.22. The molecule has 0 aliphatic carbocycles. The van der Waals surface area contributed by atoms with E-state index in [-0.39, 0.29) is 5.91 Å². The van der Waals surface area contributed by atoms with Gasteiger partial charge >= 0.3 is 0 Å². The van der Waals surface area contributed by atoms with Gasteiger partial charge in [-0.25, -0.2) is 0 Å². The highest BCUT2D eigenvalue weighted by Gasteiger charge is 2.02. The molecule has 0 atom stereocenters. The molecule has 0 aliphatic rings. The summed E-state index contributed by atoms with van der Waals surface area (Å²) < 4.78 is 5.17. The Hall–Kier alpha value is -2.03. The van der Waals surface area contributed by atoms with Crippen LogP contribution in [0.5, 0.6) is 5.75 Å². The van der Waals surface area contributed by atoms with Gasteiger partial charge in [-0.15, -0.1) is 0 Å². The zero-order chi connectivity index (χ0) is 12.3. The first-order valence-electron chi connectivity index (χ1n) is 5.50. The molecule has 0 heterocycles. The number of carbonyl (C=O) groups is 1. The number of fused-ring (bicyclic) bond motifs is 1. The molecule has 0 unspecified atom stereocenters. The van der Waals surface area contributed by atoms with Crippen molar-refractivity contribution >= 4 is 16.7 Å². The van der Waals surface area contributed by atoms with Crippen LogP contribution in [-0.2, 0) is 11.2 Å². The molecule has 1 amide bonds. The fourth-order valence-corrected chi connectivity index (χ4v) is 1.78. The Bertz CT molecular complexity index is 549. The second-order valence-electron chi connectivity index (χ2n) is 3.90. The summed E-state index contributed by atoms with van der Waals surface area (Å²) in [7, 11) is 3.30. The van der Waals surface area contributed by atoms with Crippen molar-refractivity contribution < 1.29 is 9.53 Å². The van der Waals surface area contributed by atoms with E-state index in [1.54, 1.807) is 14.2 Å². The molecule has 0 spiro atoms. The third kappa shape index (κ3) is 2.56. The quantitative estimate of drug-likeness (QED) is 0.875. The van der Waals surface area contributed by atoms with Gasteiger partial charge in [-0.3, -0.25) is 4.79 Å². The molecule has 0 saturated carbocycles. The molecule has 0 aromatic heterocycles. The van der Waals surface area contributed by atoms with Gasteiger partial charge in [-0.1, -0.05) is 24.3 Å². The van der Waals surface area contributed by atoms with Crippen LogP contribution in [0, 0.1) is 0 Å². The molecule has 0 bridgehead atoms. The van der Waals surface area contributed by atoms with Gasteiger partial charge in [0.15, 0.2) is 0 Å². The van der Waals surface area contributed by atoms with E-state index in [0.717, 1.165) is 22.1 Å². The second-order valence-corrected chi connectivity index (χ2v) is 3.90. The molecule has 1 N–H and O–H groups in total. The van der Waals surface area contributed by atoms with Crippen molar-refractivity contribution in [2.24, 2.45) is 0 Å². The van der Waals surface area contributed by atoms with Gasteiger partial charge in [0.05, 0.1) is 13.5 Å². The van der Waals surface area contributed by atoms with Gasteiger partial charge in [-0.2, -0.15) is 0 Å². The molecule has 17 heavy (non-hydrogen) atoms. The van der Waals surface area contributed by atoms with Crippen molar-refractivity contribution in [3.63, 3.8) is 0 Å². The standard InChI is InChI=1S/C14H15NO2/c1-15-14(16)8-10-3-4-12-9-13(17-2)6-5-11(12)7-10/h3-7,9H,8H2,1-2H3,(H,15,16). The van der Waals surface area contributed by atoms with Crippen LogP contribution < -0.4 is 10.1 Å². The Kier molecular flexibility index (Phi) is 3.28. The maximum absolute atomic E-state index is 11.3. The molecule has 88 valence electrons. The number of likely N-dealkylation sites (N-methyl/N-ethyl adjacent to an activating group) is 1. The van der Waals surface area contributed by atoms with E-state index < -0.39 is 0 Å². The Morgan fingerprint density at radius 3 is 2.59 bits per heavy atom. The molecular weight excluding hydrogens is 214 g/mol.